The molecule has 7 heteroatoms. The minimum absolute atomic E-state index is 0.0584. The van der Waals surface area contributed by atoms with E-state index < -0.39 is 0 Å². The maximum absolute atomic E-state index is 12.3. The number of nitrogens with one attached hydrogen (secondary N) is 1. The van der Waals surface area contributed by atoms with Crippen molar-refractivity contribution < 1.29 is 14.0 Å². The normalized spacial score (nSPS) is 15.4. The SMILES string of the molecule is O=C(Nc1ccc(Cl)cn1)C1CCN(C(=O)c2ccoc2)CC1. The molecule has 1 saturated heterocycles. The molecule has 2 aromatic heterocycles. The molecule has 0 saturated carbocycles. The first-order chi connectivity index (χ1) is 11.1. The van der Waals surface area contributed by atoms with Gasteiger partial charge in [-0.05, 0) is 31.0 Å². The molecular weight excluding hydrogens is 318 g/mol. The molecule has 2 aromatic rings. The quantitative estimate of drug-likeness (QED) is 0.937. The van der Waals surface area contributed by atoms with Gasteiger partial charge in [-0.15, -0.1) is 0 Å². The van der Waals surface area contributed by atoms with Gasteiger partial charge in [0, 0.05) is 25.2 Å². The zero-order valence-electron chi connectivity index (χ0n) is 12.4. The summed E-state index contributed by atoms with van der Waals surface area (Å²) in [5.41, 5.74) is 0.540. The van der Waals surface area contributed by atoms with Crippen molar-refractivity contribution >= 4 is 29.2 Å². The van der Waals surface area contributed by atoms with Crippen LogP contribution in [0.15, 0.2) is 41.3 Å². The van der Waals surface area contributed by atoms with Crippen molar-refractivity contribution in [3.8, 4) is 0 Å². The number of aromatic nitrogens is 1. The number of nitrogens with zero attached hydrogens (tertiary/aromatic N) is 2. The maximum atomic E-state index is 12.3. The minimum atomic E-state index is -0.124. The smallest absolute Gasteiger partial charge is 0.257 e. The van der Waals surface area contributed by atoms with Crippen LogP contribution in [0.25, 0.3) is 0 Å². The Morgan fingerprint density at radius 3 is 2.65 bits per heavy atom. The molecule has 0 spiro atoms. The van der Waals surface area contributed by atoms with Crippen molar-refractivity contribution in [1.29, 1.82) is 0 Å². The average Bonchev–Trinajstić information content (AvgIpc) is 3.11. The predicted molar refractivity (Wildman–Crippen MR) is 85.2 cm³/mol. The number of likely N-dealkylation sites (tertiary alicyclic amines) is 1. The summed E-state index contributed by atoms with van der Waals surface area (Å²) < 4.78 is 4.93. The predicted octanol–water partition coefficient (Wildman–Crippen LogP) is 2.82. The number of hydrogen-bond acceptors (Lipinski definition) is 4. The number of carbonyl (C=O) groups excluding carboxylic acids is 2. The summed E-state index contributed by atoms with van der Waals surface area (Å²) in [6, 6.07) is 4.99. The third-order valence-corrected chi connectivity index (χ3v) is 4.12. The van der Waals surface area contributed by atoms with Crippen LogP contribution in [-0.2, 0) is 4.79 Å². The molecule has 1 fully saturated rings. The molecule has 0 unspecified atom stereocenters. The molecule has 23 heavy (non-hydrogen) atoms. The van der Waals surface area contributed by atoms with Gasteiger partial charge in [0.2, 0.25) is 5.91 Å². The summed E-state index contributed by atoms with van der Waals surface area (Å²) in [5, 5.41) is 3.31. The van der Waals surface area contributed by atoms with Gasteiger partial charge in [0.25, 0.3) is 5.91 Å². The van der Waals surface area contributed by atoms with Gasteiger partial charge in [0.05, 0.1) is 16.8 Å². The van der Waals surface area contributed by atoms with Crippen LogP contribution in [0, 0.1) is 5.92 Å². The van der Waals surface area contributed by atoms with Crippen LogP contribution in [0.5, 0.6) is 0 Å². The van der Waals surface area contributed by atoms with Gasteiger partial charge in [0.15, 0.2) is 0 Å². The van der Waals surface area contributed by atoms with Gasteiger partial charge < -0.3 is 14.6 Å². The van der Waals surface area contributed by atoms with E-state index >= 15 is 0 Å². The fraction of sp³-hybridized carbons (Fsp3) is 0.312. The van der Waals surface area contributed by atoms with E-state index in [1.807, 2.05) is 0 Å². The summed E-state index contributed by atoms with van der Waals surface area (Å²) in [6.07, 6.45) is 5.66. The largest absolute Gasteiger partial charge is 0.472 e. The average molecular weight is 334 g/mol. The van der Waals surface area contributed by atoms with E-state index in [9.17, 15) is 9.59 Å². The third kappa shape index (κ3) is 3.71. The molecule has 1 aliphatic rings. The summed E-state index contributed by atoms with van der Waals surface area (Å²) in [6.45, 7) is 1.10. The van der Waals surface area contributed by atoms with Gasteiger partial charge in [-0.25, -0.2) is 4.98 Å². The Labute approximate surface area is 138 Å². The van der Waals surface area contributed by atoms with Gasteiger partial charge in [-0.1, -0.05) is 11.6 Å². The number of amides is 2. The number of furan rings is 1. The number of halogens is 1. The second-order valence-electron chi connectivity index (χ2n) is 5.43. The third-order valence-electron chi connectivity index (χ3n) is 3.90. The van der Waals surface area contributed by atoms with Crippen LogP contribution in [0.3, 0.4) is 0 Å². The molecule has 1 N–H and O–H groups in total. The number of anilines is 1. The Balaban J connectivity index is 1.53. The van der Waals surface area contributed by atoms with E-state index in [2.05, 4.69) is 10.3 Å². The van der Waals surface area contributed by atoms with Crippen LogP contribution in [-0.4, -0.2) is 34.8 Å². The fourth-order valence-electron chi connectivity index (χ4n) is 2.59. The van der Waals surface area contributed by atoms with E-state index in [4.69, 9.17) is 16.0 Å². The highest BCUT2D eigenvalue weighted by molar-refractivity contribution is 6.30. The van der Waals surface area contributed by atoms with Crippen molar-refractivity contribution in [2.24, 2.45) is 5.92 Å². The highest BCUT2D eigenvalue weighted by Gasteiger charge is 2.28. The van der Waals surface area contributed by atoms with Crippen molar-refractivity contribution in [3.05, 3.63) is 47.5 Å². The molecule has 0 bridgehead atoms. The second-order valence-corrected chi connectivity index (χ2v) is 5.87. The van der Waals surface area contributed by atoms with Crippen molar-refractivity contribution in [1.82, 2.24) is 9.88 Å². The van der Waals surface area contributed by atoms with Crippen molar-refractivity contribution in [2.45, 2.75) is 12.8 Å². The molecule has 120 valence electrons. The molecule has 1 aliphatic heterocycles. The van der Waals surface area contributed by atoms with Crippen molar-refractivity contribution in [3.63, 3.8) is 0 Å². The van der Waals surface area contributed by atoms with Crippen LogP contribution >= 0.6 is 11.6 Å². The number of rotatable bonds is 3. The summed E-state index contributed by atoms with van der Waals surface area (Å²) in [5.74, 6) is 0.226. The van der Waals surface area contributed by atoms with Gasteiger partial charge in [-0.3, -0.25) is 9.59 Å². The first-order valence-corrected chi connectivity index (χ1v) is 7.75. The van der Waals surface area contributed by atoms with E-state index in [0.717, 1.165) is 0 Å². The lowest BCUT2D eigenvalue weighted by Gasteiger charge is -2.31. The Hall–Kier alpha value is -2.34. The topological polar surface area (TPSA) is 75.4 Å². The zero-order valence-corrected chi connectivity index (χ0v) is 13.1. The van der Waals surface area contributed by atoms with E-state index in [1.54, 1.807) is 23.1 Å². The Bertz CT molecular complexity index is 677. The minimum Gasteiger partial charge on any atom is -0.472 e. The zero-order chi connectivity index (χ0) is 16.2. The van der Waals surface area contributed by atoms with E-state index in [1.165, 1.54) is 18.7 Å². The first-order valence-electron chi connectivity index (χ1n) is 7.37. The highest BCUT2D eigenvalue weighted by Crippen LogP contribution is 2.21. The first kappa shape index (κ1) is 15.6. The molecule has 0 aliphatic carbocycles. The van der Waals surface area contributed by atoms with E-state index in [-0.39, 0.29) is 17.7 Å². The summed E-state index contributed by atoms with van der Waals surface area (Å²) in [7, 11) is 0. The van der Waals surface area contributed by atoms with Crippen LogP contribution in [0.2, 0.25) is 5.02 Å². The van der Waals surface area contributed by atoms with Gasteiger partial charge in [0.1, 0.15) is 12.1 Å². The second kappa shape index (κ2) is 6.83. The molecule has 0 atom stereocenters. The fourth-order valence-corrected chi connectivity index (χ4v) is 2.70. The van der Waals surface area contributed by atoms with Crippen LogP contribution in [0.4, 0.5) is 5.82 Å². The molecule has 0 aromatic carbocycles. The Morgan fingerprint density at radius 1 is 1.26 bits per heavy atom. The molecule has 6 nitrogen and oxygen atoms in total. The molecule has 3 rings (SSSR count). The Morgan fingerprint density at radius 2 is 2.04 bits per heavy atom. The van der Waals surface area contributed by atoms with E-state index in [0.29, 0.717) is 42.3 Å². The number of hydrogen-bond donors (Lipinski definition) is 1. The molecule has 2 amide bonds. The molecular formula is C16H16ClN3O3. The lowest BCUT2D eigenvalue weighted by Crippen LogP contribution is -2.41. The van der Waals surface area contributed by atoms with Crippen LogP contribution < -0.4 is 5.32 Å². The maximum Gasteiger partial charge on any atom is 0.257 e. The summed E-state index contributed by atoms with van der Waals surface area (Å²) in [4.78, 5) is 30.3. The number of pyridine rings is 1. The highest BCUT2D eigenvalue weighted by atomic mass is 35.5. The molecule has 0 radical (unpaired) electrons. The standard InChI is InChI=1S/C16H16ClN3O3/c17-13-1-2-14(18-9-13)19-15(21)11-3-6-20(7-4-11)16(22)12-5-8-23-10-12/h1-2,5,8-11H,3-4,6-7H2,(H,18,19,21). The van der Waals surface area contributed by atoms with Crippen LogP contribution in [0.1, 0.15) is 23.2 Å². The lowest BCUT2D eigenvalue weighted by molar-refractivity contribution is -0.121. The van der Waals surface area contributed by atoms with Gasteiger partial charge in [-0.2, -0.15) is 0 Å². The number of piperidine rings is 1. The number of carbonyl (C=O) groups is 2. The Kier molecular flexibility index (Phi) is 4.62. The lowest BCUT2D eigenvalue weighted by atomic mass is 9.95. The van der Waals surface area contributed by atoms with Gasteiger partial charge >= 0.3 is 0 Å². The van der Waals surface area contributed by atoms with Crippen molar-refractivity contribution in [2.75, 3.05) is 18.4 Å². The summed E-state index contributed by atoms with van der Waals surface area (Å²) >= 11 is 5.77. The molecule has 3 heterocycles. The monoisotopic (exact) mass is 333 g/mol.